The molecular weight excluding hydrogens is 190 g/mol. The van der Waals surface area contributed by atoms with E-state index in [0.29, 0.717) is 0 Å². The third kappa shape index (κ3) is 0.959. The van der Waals surface area contributed by atoms with E-state index >= 15 is 0 Å². The van der Waals surface area contributed by atoms with Gasteiger partial charge in [-0.2, -0.15) is 0 Å². The standard InChI is InChI=1S/C10H16F2O2/c1-5-9(4)7-6(8(9,2)3)13-10(11,12)14-7/h6-7H,5H2,1-4H3. The van der Waals surface area contributed by atoms with Crippen molar-refractivity contribution < 1.29 is 18.3 Å². The molecule has 0 spiro atoms. The molecule has 0 radical (unpaired) electrons. The van der Waals surface area contributed by atoms with Crippen LogP contribution in [0, 0.1) is 10.8 Å². The smallest absolute Gasteiger partial charge is 0.289 e. The molecule has 1 saturated heterocycles. The molecule has 0 aromatic rings. The predicted molar refractivity (Wildman–Crippen MR) is 46.9 cm³/mol. The Kier molecular flexibility index (Phi) is 1.82. The number of ether oxygens (including phenoxy) is 2. The zero-order valence-electron chi connectivity index (χ0n) is 8.93. The summed E-state index contributed by atoms with van der Waals surface area (Å²) in [6.45, 7) is 7.90. The summed E-state index contributed by atoms with van der Waals surface area (Å²) >= 11 is 0. The summed E-state index contributed by atoms with van der Waals surface area (Å²) in [5, 5.41) is 0. The van der Waals surface area contributed by atoms with E-state index < -0.39 is 18.5 Å². The van der Waals surface area contributed by atoms with Gasteiger partial charge in [-0.15, -0.1) is 8.78 Å². The second-order valence-corrected chi connectivity index (χ2v) is 5.03. The summed E-state index contributed by atoms with van der Waals surface area (Å²) < 4.78 is 35.0. The molecule has 2 nitrogen and oxygen atoms in total. The van der Waals surface area contributed by atoms with Crippen LogP contribution in [0.5, 0.6) is 0 Å². The van der Waals surface area contributed by atoms with Gasteiger partial charge in [0, 0.05) is 10.8 Å². The van der Waals surface area contributed by atoms with Crippen molar-refractivity contribution in [2.75, 3.05) is 0 Å². The van der Waals surface area contributed by atoms with E-state index in [-0.39, 0.29) is 10.8 Å². The molecule has 4 heteroatoms. The molecule has 2 rings (SSSR count). The Morgan fingerprint density at radius 2 is 1.57 bits per heavy atom. The zero-order valence-corrected chi connectivity index (χ0v) is 8.93. The average Bonchev–Trinajstić information content (AvgIpc) is 2.39. The first-order chi connectivity index (χ1) is 6.24. The van der Waals surface area contributed by atoms with Crippen molar-refractivity contribution in [1.82, 2.24) is 0 Å². The summed E-state index contributed by atoms with van der Waals surface area (Å²) in [6.07, 6.45) is -3.50. The van der Waals surface area contributed by atoms with Crippen LogP contribution in [0.3, 0.4) is 0 Å². The normalized spacial score (nSPS) is 48.4. The Bertz CT molecular complexity index is 265. The lowest BCUT2D eigenvalue weighted by Gasteiger charge is -2.60. The first kappa shape index (κ1) is 10.3. The summed E-state index contributed by atoms with van der Waals surface area (Å²) in [5.74, 6) is 0. The lowest BCUT2D eigenvalue weighted by atomic mass is 9.47. The van der Waals surface area contributed by atoms with Crippen LogP contribution in [0.15, 0.2) is 0 Å². The first-order valence-corrected chi connectivity index (χ1v) is 4.98. The van der Waals surface area contributed by atoms with Crippen LogP contribution in [0.2, 0.25) is 0 Å². The van der Waals surface area contributed by atoms with Crippen molar-refractivity contribution in [3.63, 3.8) is 0 Å². The highest BCUT2D eigenvalue weighted by atomic mass is 19.3. The van der Waals surface area contributed by atoms with Gasteiger partial charge in [-0.25, -0.2) is 0 Å². The molecule has 14 heavy (non-hydrogen) atoms. The maximum absolute atomic E-state index is 12.9. The molecule has 3 atom stereocenters. The van der Waals surface area contributed by atoms with E-state index in [9.17, 15) is 8.78 Å². The maximum atomic E-state index is 12.9. The maximum Gasteiger partial charge on any atom is 0.486 e. The highest BCUT2D eigenvalue weighted by Gasteiger charge is 2.73. The highest BCUT2D eigenvalue weighted by molar-refractivity contribution is 5.15. The van der Waals surface area contributed by atoms with Gasteiger partial charge in [-0.1, -0.05) is 27.7 Å². The van der Waals surface area contributed by atoms with Gasteiger partial charge in [0.15, 0.2) is 0 Å². The fourth-order valence-electron chi connectivity index (χ4n) is 2.69. The summed E-state index contributed by atoms with van der Waals surface area (Å²) in [6, 6.07) is 0. The number of alkyl halides is 2. The summed E-state index contributed by atoms with van der Waals surface area (Å²) in [4.78, 5) is 0. The van der Waals surface area contributed by atoms with Crippen LogP contribution in [0.25, 0.3) is 0 Å². The van der Waals surface area contributed by atoms with Crippen molar-refractivity contribution >= 4 is 0 Å². The van der Waals surface area contributed by atoms with Crippen molar-refractivity contribution in [3.8, 4) is 0 Å². The second kappa shape index (κ2) is 2.47. The van der Waals surface area contributed by atoms with Gasteiger partial charge in [-0.05, 0) is 6.42 Å². The van der Waals surface area contributed by atoms with Gasteiger partial charge in [0.05, 0.1) is 12.2 Å². The molecule has 0 N–H and O–H groups in total. The molecule has 0 bridgehead atoms. The average molecular weight is 206 g/mol. The van der Waals surface area contributed by atoms with Crippen molar-refractivity contribution in [2.24, 2.45) is 10.8 Å². The molecule has 82 valence electrons. The molecule has 2 aliphatic rings. The second-order valence-electron chi connectivity index (χ2n) is 5.03. The van der Waals surface area contributed by atoms with Crippen molar-refractivity contribution in [1.29, 1.82) is 0 Å². The minimum absolute atomic E-state index is 0.211. The fourth-order valence-corrected chi connectivity index (χ4v) is 2.69. The number of halogens is 2. The number of hydrogen-bond donors (Lipinski definition) is 0. The van der Waals surface area contributed by atoms with Crippen LogP contribution in [0.4, 0.5) is 8.78 Å². The van der Waals surface area contributed by atoms with Gasteiger partial charge >= 0.3 is 6.29 Å². The third-order valence-corrected chi connectivity index (χ3v) is 4.35. The topological polar surface area (TPSA) is 18.5 Å². The van der Waals surface area contributed by atoms with Gasteiger partial charge in [-0.3, -0.25) is 9.47 Å². The lowest BCUT2D eigenvalue weighted by molar-refractivity contribution is -0.349. The first-order valence-electron chi connectivity index (χ1n) is 4.98. The molecule has 2 fully saturated rings. The van der Waals surface area contributed by atoms with E-state index in [0.717, 1.165) is 6.42 Å². The minimum atomic E-state index is -3.39. The number of rotatable bonds is 1. The lowest BCUT2D eigenvalue weighted by Crippen LogP contribution is -2.66. The SMILES string of the molecule is CCC1(C)C2OC(F)(F)OC2C1(C)C. The predicted octanol–water partition coefficient (Wildman–Crippen LogP) is 2.78. The van der Waals surface area contributed by atoms with Crippen molar-refractivity contribution in [3.05, 3.63) is 0 Å². The van der Waals surface area contributed by atoms with E-state index in [1.807, 2.05) is 27.7 Å². The quantitative estimate of drug-likeness (QED) is 0.656. The van der Waals surface area contributed by atoms with E-state index in [1.165, 1.54) is 0 Å². The van der Waals surface area contributed by atoms with Gasteiger partial charge < -0.3 is 0 Å². The van der Waals surface area contributed by atoms with Gasteiger partial charge in [0.2, 0.25) is 0 Å². The van der Waals surface area contributed by atoms with Crippen LogP contribution in [-0.2, 0) is 9.47 Å². The van der Waals surface area contributed by atoms with Crippen LogP contribution >= 0.6 is 0 Å². The Balaban J connectivity index is 2.27. The monoisotopic (exact) mass is 206 g/mol. The van der Waals surface area contributed by atoms with Gasteiger partial charge in [0.1, 0.15) is 0 Å². The molecular formula is C10H16F2O2. The number of hydrogen-bond acceptors (Lipinski definition) is 2. The zero-order chi connectivity index (χ0) is 10.8. The molecule has 0 aromatic carbocycles. The molecule has 0 aromatic heterocycles. The number of fused-ring (bicyclic) bond motifs is 1. The van der Waals surface area contributed by atoms with E-state index in [4.69, 9.17) is 0 Å². The molecule has 1 aliphatic heterocycles. The molecule has 1 saturated carbocycles. The molecule has 1 aliphatic carbocycles. The minimum Gasteiger partial charge on any atom is -0.289 e. The van der Waals surface area contributed by atoms with Gasteiger partial charge in [0.25, 0.3) is 0 Å². The molecule has 1 heterocycles. The van der Waals surface area contributed by atoms with Crippen LogP contribution in [-0.4, -0.2) is 18.5 Å². The Labute approximate surface area is 82.6 Å². The Hall–Kier alpha value is -0.220. The Morgan fingerprint density at radius 3 is 2.07 bits per heavy atom. The fraction of sp³-hybridized carbons (Fsp3) is 1.00. The van der Waals surface area contributed by atoms with Crippen LogP contribution < -0.4 is 0 Å². The molecule has 3 unspecified atom stereocenters. The highest BCUT2D eigenvalue weighted by Crippen LogP contribution is 2.65. The Morgan fingerprint density at radius 1 is 1.07 bits per heavy atom. The van der Waals surface area contributed by atoms with Crippen molar-refractivity contribution in [2.45, 2.75) is 52.6 Å². The molecule has 0 amide bonds. The third-order valence-electron chi connectivity index (χ3n) is 4.35. The summed E-state index contributed by atoms with van der Waals surface area (Å²) in [5.41, 5.74) is -0.454. The van der Waals surface area contributed by atoms with E-state index in [2.05, 4.69) is 9.47 Å². The van der Waals surface area contributed by atoms with Crippen LogP contribution in [0.1, 0.15) is 34.1 Å². The summed E-state index contributed by atoms with van der Waals surface area (Å²) in [7, 11) is 0. The van der Waals surface area contributed by atoms with E-state index in [1.54, 1.807) is 0 Å². The largest absolute Gasteiger partial charge is 0.486 e.